The monoisotopic (exact) mass is 244 g/mol. The minimum atomic E-state index is -3.74. The first-order valence-electron chi connectivity index (χ1n) is 4.30. The second kappa shape index (κ2) is 4.45. The van der Waals surface area contributed by atoms with Gasteiger partial charge in [-0.15, -0.1) is 0 Å². The number of hydrogen-bond donors (Lipinski definition) is 2. The molecule has 0 aliphatic rings. The van der Waals surface area contributed by atoms with Crippen molar-refractivity contribution < 1.29 is 13.2 Å². The Balaban J connectivity index is 3.02. The number of carbonyl (C=O) groups is 1. The molecule has 0 fully saturated rings. The number of anilines is 1. The van der Waals surface area contributed by atoms with E-state index in [1.165, 1.54) is 19.2 Å². The predicted octanol–water partition coefficient (Wildman–Crippen LogP) is -1.23. The third-order valence-corrected chi connectivity index (χ3v) is 3.63. The fourth-order valence-corrected chi connectivity index (χ4v) is 2.11. The van der Waals surface area contributed by atoms with Gasteiger partial charge in [-0.25, -0.2) is 13.4 Å². The predicted molar refractivity (Wildman–Crippen MR) is 57.7 cm³/mol. The van der Waals surface area contributed by atoms with Gasteiger partial charge in [-0.3, -0.25) is 4.79 Å². The van der Waals surface area contributed by atoms with Crippen LogP contribution in [0.3, 0.4) is 0 Å². The number of hydrogen-bond acceptors (Lipinski definition) is 5. The van der Waals surface area contributed by atoms with Crippen molar-refractivity contribution in [1.82, 2.24) is 9.29 Å². The lowest BCUT2D eigenvalue weighted by atomic mass is 10.5. The molecule has 8 heteroatoms. The maximum Gasteiger partial charge on any atom is 0.244 e. The fraction of sp³-hybridized carbons (Fsp3) is 0.250. The van der Waals surface area contributed by atoms with Crippen LogP contribution in [0.5, 0.6) is 0 Å². The summed E-state index contributed by atoms with van der Waals surface area (Å²) in [5, 5.41) is 0. The summed E-state index contributed by atoms with van der Waals surface area (Å²) < 4.78 is 24.5. The Morgan fingerprint density at radius 1 is 1.50 bits per heavy atom. The van der Waals surface area contributed by atoms with E-state index in [2.05, 4.69) is 4.98 Å². The molecule has 0 atom stereocenters. The zero-order valence-corrected chi connectivity index (χ0v) is 9.44. The third-order valence-electron chi connectivity index (χ3n) is 1.85. The summed E-state index contributed by atoms with van der Waals surface area (Å²) in [5.74, 6) is -0.508. The molecule has 7 nitrogen and oxygen atoms in total. The Morgan fingerprint density at radius 3 is 2.56 bits per heavy atom. The SMILES string of the molecule is CN(CC(N)=O)S(=O)(=O)c1ccc(N)nc1. The van der Waals surface area contributed by atoms with Crippen molar-refractivity contribution in [1.29, 1.82) is 0 Å². The van der Waals surface area contributed by atoms with E-state index in [9.17, 15) is 13.2 Å². The van der Waals surface area contributed by atoms with E-state index in [-0.39, 0.29) is 17.3 Å². The lowest BCUT2D eigenvalue weighted by Crippen LogP contribution is -2.35. The van der Waals surface area contributed by atoms with Crippen LogP contribution in [0, 0.1) is 0 Å². The van der Waals surface area contributed by atoms with Gasteiger partial charge in [0.2, 0.25) is 15.9 Å². The molecular formula is C8H12N4O3S. The summed E-state index contributed by atoms with van der Waals surface area (Å²) in [4.78, 5) is 14.2. The van der Waals surface area contributed by atoms with Crippen molar-refractivity contribution >= 4 is 21.7 Å². The maximum atomic E-state index is 11.8. The van der Waals surface area contributed by atoms with Gasteiger partial charge in [0.1, 0.15) is 10.7 Å². The van der Waals surface area contributed by atoms with Crippen LogP contribution in [0.4, 0.5) is 5.82 Å². The summed E-state index contributed by atoms with van der Waals surface area (Å²) in [7, 11) is -2.48. The molecular weight excluding hydrogens is 232 g/mol. The highest BCUT2D eigenvalue weighted by Crippen LogP contribution is 2.13. The van der Waals surface area contributed by atoms with Gasteiger partial charge in [0, 0.05) is 13.2 Å². The van der Waals surface area contributed by atoms with Crippen molar-refractivity contribution in [2.24, 2.45) is 5.73 Å². The molecule has 0 aliphatic heterocycles. The zero-order valence-electron chi connectivity index (χ0n) is 8.62. The highest BCUT2D eigenvalue weighted by molar-refractivity contribution is 7.89. The molecule has 88 valence electrons. The van der Waals surface area contributed by atoms with E-state index in [0.717, 1.165) is 10.5 Å². The molecule has 1 heterocycles. The van der Waals surface area contributed by atoms with Crippen LogP contribution in [0.2, 0.25) is 0 Å². The summed E-state index contributed by atoms with van der Waals surface area (Å²) >= 11 is 0. The Morgan fingerprint density at radius 2 is 2.12 bits per heavy atom. The first-order valence-corrected chi connectivity index (χ1v) is 5.74. The largest absolute Gasteiger partial charge is 0.384 e. The molecule has 0 unspecified atom stereocenters. The van der Waals surface area contributed by atoms with Crippen molar-refractivity contribution in [3.8, 4) is 0 Å². The van der Waals surface area contributed by atoms with E-state index in [1.54, 1.807) is 0 Å². The minimum absolute atomic E-state index is 0.0366. The molecule has 0 bridgehead atoms. The van der Waals surface area contributed by atoms with Crippen LogP contribution in [0.15, 0.2) is 23.2 Å². The number of nitrogen functional groups attached to an aromatic ring is 1. The Labute approximate surface area is 93.1 Å². The molecule has 1 aromatic heterocycles. The van der Waals surface area contributed by atoms with Crippen LogP contribution < -0.4 is 11.5 Å². The van der Waals surface area contributed by atoms with Gasteiger partial charge in [0.05, 0.1) is 6.54 Å². The van der Waals surface area contributed by atoms with Crippen LogP contribution in [-0.4, -0.2) is 37.2 Å². The minimum Gasteiger partial charge on any atom is -0.384 e. The van der Waals surface area contributed by atoms with E-state index >= 15 is 0 Å². The highest BCUT2D eigenvalue weighted by atomic mass is 32.2. The lowest BCUT2D eigenvalue weighted by molar-refractivity contribution is -0.118. The van der Waals surface area contributed by atoms with Gasteiger partial charge in [0.15, 0.2) is 0 Å². The molecule has 16 heavy (non-hydrogen) atoms. The number of pyridine rings is 1. The first-order chi connectivity index (χ1) is 7.34. The number of aromatic nitrogens is 1. The van der Waals surface area contributed by atoms with Gasteiger partial charge in [-0.05, 0) is 12.1 Å². The molecule has 4 N–H and O–H groups in total. The highest BCUT2D eigenvalue weighted by Gasteiger charge is 2.22. The van der Waals surface area contributed by atoms with Crippen LogP contribution >= 0.6 is 0 Å². The molecule has 1 rings (SSSR count). The van der Waals surface area contributed by atoms with Crippen LogP contribution in [0.25, 0.3) is 0 Å². The van der Waals surface area contributed by atoms with Crippen molar-refractivity contribution in [2.75, 3.05) is 19.3 Å². The third kappa shape index (κ3) is 2.67. The summed E-state index contributed by atoms with van der Waals surface area (Å²) in [5.41, 5.74) is 10.2. The molecule has 1 aromatic rings. The maximum absolute atomic E-state index is 11.8. The topological polar surface area (TPSA) is 119 Å². The summed E-state index contributed by atoms with van der Waals surface area (Å²) in [6.07, 6.45) is 1.13. The molecule has 1 amide bonds. The van der Waals surface area contributed by atoms with Gasteiger partial charge >= 0.3 is 0 Å². The van der Waals surface area contributed by atoms with E-state index < -0.39 is 15.9 Å². The standard InChI is InChI=1S/C8H12N4O3S/c1-12(5-8(10)13)16(14,15)6-2-3-7(9)11-4-6/h2-4H,5H2,1H3,(H2,9,11)(H2,10,13). The quantitative estimate of drug-likeness (QED) is 0.687. The summed E-state index contributed by atoms with van der Waals surface area (Å²) in [6, 6.07) is 2.68. The lowest BCUT2D eigenvalue weighted by Gasteiger charge is -2.14. The summed E-state index contributed by atoms with van der Waals surface area (Å²) in [6.45, 7) is -0.382. The number of sulfonamides is 1. The second-order valence-electron chi connectivity index (χ2n) is 3.15. The van der Waals surface area contributed by atoms with Crippen molar-refractivity contribution in [3.05, 3.63) is 18.3 Å². The number of rotatable bonds is 4. The molecule has 0 spiro atoms. The van der Waals surface area contributed by atoms with Gasteiger partial charge in [-0.2, -0.15) is 4.31 Å². The van der Waals surface area contributed by atoms with Crippen LogP contribution in [0.1, 0.15) is 0 Å². The molecule has 0 aromatic carbocycles. The second-order valence-corrected chi connectivity index (χ2v) is 5.19. The molecule has 0 saturated carbocycles. The van der Waals surface area contributed by atoms with E-state index in [4.69, 9.17) is 11.5 Å². The number of amides is 1. The number of nitrogens with two attached hydrogens (primary N) is 2. The average molecular weight is 244 g/mol. The number of carbonyl (C=O) groups excluding carboxylic acids is 1. The van der Waals surface area contributed by atoms with Gasteiger partial charge in [-0.1, -0.05) is 0 Å². The zero-order chi connectivity index (χ0) is 12.3. The number of likely N-dealkylation sites (N-methyl/N-ethyl adjacent to an activating group) is 1. The Hall–Kier alpha value is -1.67. The normalized spacial score (nSPS) is 11.6. The Bertz CT molecular complexity index is 483. The average Bonchev–Trinajstić information content (AvgIpc) is 2.17. The van der Waals surface area contributed by atoms with Crippen molar-refractivity contribution in [3.63, 3.8) is 0 Å². The fourth-order valence-electron chi connectivity index (χ4n) is 1.03. The number of primary amides is 1. The van der Waals surface area contributed by atoms with E-state index in [0.29, 0.717) is 0 Å². The molecule has 0 aliphatic carbocycles. The van der Waals surface area contributed by atoms with E-state index in [1.807, 2.05) is 0 Å². The van der Waals surface area contributed by atoms with Gasteiger partial charge < -0.3 is 11.5 Å². The molecule has 0 radical (unpaired) electrons. The Kier molecular flexibility index (Phi) is 3.45. The smallest absolute Gasteiger partial charge is 0.244 e. The van der Waals surface area contributed by atoms with Gasteiger partial charge in [0.25, 0.3) is 0 Å². The molecule has 0 saturated heterocycles. The first kappa shape index (κ1) is 12.4. The van der Waals surface area contributed by atoms with Crippen molar-refractivity contribution in [2.45, 2.75) is 4.90 Å². The van der Waals surface area contributed by atoms with Crippen LogP contribution in [-0.2, 0) is 14.8 Å². The number of nitrogens with zero attached hydrogens (tertiary/aromatic N) is 2.